The molecule has 2 aromatic heterocycles. The molecule has 0 saturated carbocycles. The number of benzene rings is 2. The van der Waals surface area contributed by atoms with Gasteiger partial charge in [0.25, 0.3) is 0 Å². The lowest BCUT2D eigenvalue weighted by atomic mass is 10.1. The van der Waals surface area contributed by atoms with Crippen LogP contribution in [-0.4, -0.2) is 29.2 Å². The Bertz CT molecular complexity index is 1250. The highest BCUT2D eigenvalue weighted by atomic mass is 19.1. The van der Waals surface area contributed by atoms with Crippen LogP contribution in [-0.2, 0) is 0 Å². The first kappa shape index (κ1) is 19.4. The second-order valence-electron chi connectivity index (χ2n) is 6.65. The molecule has 0 fully saturated rings. The number of hydrogen-bond acceptors (Lipinski definition) is 7. The monoisotopic (exact) mass is 405 g/mol. The van der Waals surface area contributed by atoms with Crippen molar-refractivity contribution in [2.75, 3.05) is 25.3 Å². The summed E-state index contributed by atoms with van der Waals surface area (Å²) in [6, 6.07) is 13.7. The Kier molecular flexibility index (Phi) is 5.05. The lowest BCUT2D eigenvalue weighted by Crippen LogP contribution is -2.04. The summed E-state index contributed by atoms with van der Waals surface area (Å²) in [7, 11) is 3.16. The number of halogens is 1. The Balaban J connectivity index is 1.83. The molecule has 0 amide bonds. The van der Waals surface area contributed by atoms with E-state index in [1.54, 1.807) is 20.3 Å². The number of methoxy groups -OCH3 is 2. The van der Waals surface area contributed by atoms with Gasteiger partial charge in [-0.15, -0.1) is 0 Å². The van der Waals surface area contributed by atoms with Crippen LogP contribution in [0.2, 0.25) is 0 Å². The summed E-state index contributed by atoms with van der Waals surface area (Å²) in [4.78, 5) is 13.3. The number of anilines is 3. The number of hydrogen-bond donors (Lipinski definition) is 2. The zero-order valence-electron chi connectivity index (χ0n) is 16.7. The van der Waals surface area contributed by atoms with E-state index in [4.69, 9.17) is 20.2 Å². The summed E-state index contributed by atoms with van der Waals surface area (Å²) in [6.07, 6.45) is 0. The standard InChI is InChI=1S/C22H20FN5O2/c1-12-4-6-14(23)11-17(12)26-21-20-16(27-22(24)28-21)8-7-15(25-20)13-5-9-18(29-2)19(10-13)30-3/h4-11H,1-3H3,(H3,24,26,27,28). The van der Waals surface area contributed by atoms with Crippen LogP contribution in [0.5, 0.6) is 11.5 Å². The van der Waals surface area contributed by atoms with Gasteiger partial charge in [-0.3, -0.25) is 0 Å². The van der Waals surface area contributed by atoms with Crippen molar-refractivity contribution in [3.8, 4) is 22.8 Å². The van der Waals surface area contributed by atoms with Gasteiger partial charge >= 0.3 is 0 Å². The molecule has 0 atom stereocenters. The first-order chi connectivity index (χ1) is 14.5. The first-order valence-corrected chi connectivity index (χ1v) is 9.18. The Morgan fingerprint density at radius 3 is 2.47 bits per heavy atom. The summed E-state index contributed by atoms with van der Waals surface area (Å²) < 4.78 is 24.4. The number of nitrogen functional groups attached to an aromatic ring is 1. The van der Waals surface area contributed by atoms with Crippen LogP contribution >= 0.6 is 0 Å². The molecule has 8 heteroatoms. The molecular formula is C22H20FN5O2. The van der Waals surface area contributed by atoms with E-state index >= 15 is 0 Å². The fourth-order valence-corrected chi connectivity index (χ4v) is 3.13. The van der Waals surface area contributed by atoms with Gasteiger partial charge in [0.2, 0.25) is 5.95 Å². The normalized spacial score (nSPS) is 10.8. The Morgan fingerprint density at radius 1 is 0.900 bits per heavy atom. The second kappa shape index (κ2) is 7.82. The molecular weight excluding hydrogens is 385 g/mol. The van der Waals surface area contributed by atoms with Gasteiger partial charge in [-0.2, -0.15) is 4.98 Å². The SMILES string of the molecule is COc1ccc(-c2ccc3nc(N)nc(Nc4cc(F)ccc4C)c3n2)cc1OC. The number of aromatic nitrogens is 3. The van der Waals surface area contributed by atoms with Crippen LogP contribution in [0.3, 0.4) is 0 Å². The molecule has 0 bridgehead atoms. The third kappa shape index (κ3) is 3.67. The molecule has 30 heavy (non-hydrogen) atoms. The lowest BCUT2D eigenvalue weighted by molar-refractivity contribution is 0.355. The number of ether oxygens (including phenoxy) is 2. The predicted molar refractivity (Wildman–Crippen MR) is 115 cm³/mol. The van der Waals surface area contributed by atoms with Crippen molar-refractivity contribution in [3.63, 3.8) is 0 Å². The molecule has 0 aliphatic rings. The van der Waals surface area contributed by atoms with Crippen molar-refractivity contribution < 1.29 is 13.9 Å². The molecule has 152 valence electrons. The van der Waals surface area contributed by atoms with Gasteiger partial charge in [0.1, 0.15) is 11.3 Å². The summed E-state index contributed by atoms with van der Waals surface area (Å²) >= 11 is 0. The number of nitrogens with one attached hydrogen (secondary N) is 1. The molecule has 2 heterocycles. The van der Waals surface area contributed by atoms with E-state index in [0.717, 1.165) is 11.1 Å². The summed E-state index contributed by atoms with van der Waals surface area (Å²) in [5, 5.41) is 3.14. The van der Waals surface area contributed by atoms with Crippen LogP contribution in [0.1, 0.15) is 5.56 Å². The molecule has 0 spiro atoms. The first-order valence-electron chi connectivity index (χ1n) is 9.18. The minimum absolute atomic E-state index is 0.0970. The highest BCUT2D eigenvalue weighted by Gasteiger charge is 2.13. The molecule has 0 saturated heterocycles. The Hall–Kier alpha value is -3.94. The fraction of sp³-hybridized carbons (Fsp3) is 0.136. The van der Waals surface area contributed by atoms with E-state index < -0.39 is 0 Å². The summed E-state index contributed by atoms with van der Waals surface area (Å²) in [5.41, 5.74) is 9.92. The van der Waals surface area contributed by atoms with E-state index in [1.807, 2.05) is 37.3 Å². The highest BCUT2D eigenvalue weighted by molar-refractivity contribution is 5.90. The van der Waals surface area contributed by atoms with Gasteiger partial charge in [0, 0.05) is 11.3 Å². The molecule has 0 aliphatic heterocycles. The smallest absolute Gasteiger partial charge is 0.222 e. The number of aryl methyl sites for hydroxylation is 1. The van der Waals surface area contributed by atoms with Crippen LogP contribution < -0.4 is 20.5 Å². The van der Waals surface area contributed by atoms with Crippen molar-refractivity contribution in [3.05, 3.63) is 59.9 Å². The van der Waals surface area contributed by atoms with Crippen molar-refractivity contribution in [2.45, 2.75) is 6.92 Å². The number of nitrogens with two attached hydrogens (primary N) is 1. The molecule has 2 aromatic carbocycles. The molecule has 0 aliphatic carbocycles. The summed E-state index contributed by atoms with van der Waals surface area (Å²) in [5.74, 6) is 1.36. The Morgan fingerprint density at radius 2 is 1.70 bits per heavy atom. The highest BCUT2D eigenvalue weighted by Crippen LogP contribution is 2.33. The third-order valence-corrected chi connectivity index (χ3v) is 4.69. The van der Waals surface area contributed by atoms with Gasteiger partial charge in [-0.25, -0.2) is 14.4 Å². The van der Waals surface area contributed by atoms with Crippen LogP contribution in [0, 0.1) is 12.7 Å². The molecule has 3 N–H and O–H groups in total. The lowest BCUT2D eigenvalue weighted by Gasteiger charge is -2.13. The van der Waals surface area contributed by atoms with Crippen molar-refractivity contribution in [1.82, 2.24) is 15.0 Å². The minimum Gasteiger partial charge on any atom is -0.493 e. The summed E-state index contributed by atoms with van der Waals surface area (Å²) in [6.45, 7) is 1.87. The van der Waals surface area contributed by atoms with Crippen molar-refractivity contribution in [1.29, 1.82) is 0 Å². The maximum atomic E-state index is 13.7. The van der Waals surface area contributed by atoms with E-state index in [2.05, 4.69) is 15.3 Å². The number of nitrogens with zero attached hydrogens (tertiary/aromatic N) is 3. The van der Waals surface area contributed by atoms with Gasteiger partial charge in [-0.05, 0) is 55.0 Å². The zero-order chi connectivity index (χ0) is 21.3. The largest absolute Gasteiger partial charge is 0.493 e. The van der Waals surface area contributed by atoms with Crippen LogP contribution in [0.15, 0.2) is 48.5 Å². The predicted octanol–water partition coefficient (Wildman–Crippen LogP) is 4.48. The van der Waals surface area contributed by atoms with Crippen molar-refractivity contribution in [2.24, 2.45) is 0 Å². The van der Waals surface area contributed by atoms with Gasteiger partial charge in [0.05, 0.1) is 25.4 Å². The fourth-order valence-electron chi connectivity index (χ4n) is 3.13. The molecule has 0 radical (unpaired) electrons. The third-order valence-electron chi connectivity index (χ3n) is 4.69. The molecule has 4 rings (SSSR count). The average molecular weight is 405 g/mol. The number of fused-ring (bicyclic) bond motifs is 1. The van der Waals surface area contributed by atoms with Gasteiger partial charge in [-0.1, -0.05) is 6.07 Å². The topological polar surface area (TPSA) is 95.2 Å². The van der Waals surface area contributed by atoms with Gasteiger partial charge < -0.3 is 20.5 Å². The van der Waals surface area contributed by atoms with Crippen LogP contribution in [0.25, 0.3) is 22.3 Å². The number of pyridine rings is 1. The van der Waals surface area contributed by atoms with E-state index in [1.165, 1.54) is 12.1 Å². The Labute approximate surface area is 172 Å². The van der Waals surface area contributed by atoms with Crippen molar-refractivity contribution >= 4 is 28.5 Å². The molecule has 7 nitrogen and oxygen atoms in total. The number of rotatable bonds is 5. The second-order valence-corrected chi connectivity index (χ2v) is 6.65. The van der Waals surface area contributed by atoms with E-state index in [0.29, 0.717) is 39.7 Å². The molecule has 4 aromatic rings. The average Bonchev–Trinajstić information content (AvgIpc) is 2.75. The minimum atomic E-state index is -0.353. The molecule has 0 unspecified atom stereocenters. The quantitative estimate of drug-likeness (QED) is 0.505. The maximum Gasteiger partial charge on any atom is 0.222 e. The van der Waals surface area contributed by atoms with Crippen LogP contribution in [0.4, 0.5) is 21.8 Å². The van der Waals surface area contributed by atoms with E-state index in [9.17, 15) is 4.39 Å². The zero-order valence-corrected chi connectivity index (χ0v) is 16.7. The maximum absolute atomic E-state index is 13.7. The van der Waals surface area contributed by atoms with E-state index in [-0.39, 0.29) is 11.8 Å². The van der Waals surface area contributed by atoms with Gasteiger partial charge in [0.15, 0.2) is 17.3 Å².